The molecule has 1 aromatic heterocycles. The van der Waals surface area contributed by atoms with Gasteiger partial charge >= 0.3 is 0 Å². The largest absolute Gasteiger partial charge is 0.496 e. The van der Waals surface area contributed by atoms with Gasteiger partial charge in [-0.1, -0.05) is 11.3 Å². The Hall–Kier alpha value is -1.66. The van der Waals surface area contributed by atoms with Gasteiger partial charge in [0.1, 0.15) is 5.75 Å². The van der Waals surface area contributed by atoms with E-state index in [1.165, 1.54) is 0 Å². The minimum absolute atomic E-state index is 0.230. The molecule has 1 heterocycles. The van der Waals surface area contributed by atoms with Gasteiger partial charge in [-0.3, -0.25) is 4.79 Å². The van der Waals surface area contributed by atoms with Crippen LogP contribution in [0.25, 0.3) is 0 Å². The van der Waals surface area contributed by atoms with E-state index >= 15 is 0 Å². The summed E-state index contributed by atoms with van der Waals surface area (Å²) in [6.45, 7) is 1.90. The number of ether oxygens (including phenoxy) is 1. The fourth-order valence-electron chi connectivity index (χ4n) is 1.44. The number of methoxy groups -OCH3 is 1. The van der Waals surface area contributed by atoms with Gasteiger partial charge in [0, 0.05) is 5.69 Å². The third-order valence-electron chi connectivity index (χ3n) is 2.25. The van der Waals surface area contributed by atoms with Crippen molar-refractivity contribution >= 4 is 34.5 Å². The van der Waals surface area contributed by atoms with Crippen LogP contribution in [0.3, 0.4) is 0 Å². The summed E-state index contributed by atoms with van der Waals surface area (Å²) in [6.07, 6.45) is 0. The zero-order valence-electron chi connectivity index (χ0n) is 9.73. The first kappa shape index (κ1) is 12.8. The summed E-state index contributed by atoms with van der Waals surface area (Å²) in [4.78, 5) is 11.8. The van der Waals surface area contributed by atoms with Gasteiger partial charge < -0.3 is 10.1 Å². The Morgan fingerprint density at radius 3 is 2.78 bits per heavy atom. The Morgan fingerprint density at radius 2 is 2.22 bits per heavy atom. The molecule has 0 saturated heterocycles. The number of amides is 1. The summed E-state index contributed by atoms with van der Waals surface area (Å²) < 4.78 is 5.38. The Bertz CT molecular complexity index is 585. The van der Waals surface area contributed by atoms with Gasteiger partial charge in [0.15, 0.2) is 0 Å². The Morgan fingerprint density at radius 1 is 1.44 bits per heavy atom. The van der Waals surface area contributed by atoms with Crippen LogP contribution in [0.1, 0.15) is 15.4 Å². The summed E-state index contributed by atoms with van der Waals surface area (Å²) in [7, 11) is 1.60. The summed E-state index contributed by atoms with van der Waals surface area (Å²) in [5, 5.41) is 10.2. The Labute approximate surface area is 113 Å². The molecule has 94 valence electrons. The van der Waals surface area contributed by atoms with Gasteiger partial charge in [0.05, 0.1) is 7.11 Å². The maximum absolute atomic E-state index is 11.8. The normalized spacial score (nSPS) is 10.2. The zero-order valence-corrected chi connectivity index (χ0v) is 11.3. The van der Waals surface area contributed by atoms with Gasteiger partial charge in [0.25, 0.3) is 5.91 Å². The van der Waals surface area contributed by atoms with Crippen molar-refractivity contribution in [1.29, 1.82) is 0 Å². The summed E-state index contributed by atoms with van der Waals surface area (Å²) in [6, 6.07) is 5.36. The van der Waals surface area contributed by atoms with E-state index in [4.69, 9.17) is 16.3 Å². The molecule has 5 nitrogen and oxygen atoms in total. The Balaban J connectivity index is 2.14. The van der Waals surface area contributed by atoms with Crippen molar-refractivity contribution in [2.45, 2.75) is 6.92 Å². The molecule has 1 N–H and O–H groups in total. The van der Waals surface area contributed by atoms with Crippen LogP contribution >= 0.6 is 22.9 Å². The van der Waals surface area contributed by atoms with Crippen molar-refractivity contribution in [2.24, 2.45) is 0 Å². The molecule has 0 saturated carbocycles. The molecule has 0 unspecified atom stereocenters. The standard InChI is InChI=1S/C11H10ClN3O2S/c1-6-5-7(3-4-8(6)17-2)13-9(16)10-14-15-11(12)18-10/h3-5H,1-2H3,(H,13,16). The lowest BCUT2D eigenvalue weighted by atomic mass is 10.2. The van der Waals surface area contributed by atoms with Gasteiger partial charge in [-0.2, -0.15) is 0 Å². The van der Waals surface area contributed by atoms with E-state index in [-0.39, 0.29) is 15.4 Å². The fraction of sp³-hybridized carbons (Fsp3) is 0.182. The molecule has 0 aliphatic rings. The molecule has 0 aliphatic carbocycles. The molecule has 1 aromatic carbocycles. The van der Waals surface area contributed by atoms with Crippen LogP contribution in [0.2, 0.25) is 4.47 Å². The number of aryl methyl sites for hydroxylation is 1. The molecule has 0 bridgehead atoms. The average Bonchev–Trinajstić information content (AvgIpc) is 2.76. The zero-order chi connectivity index (χ0) is 13.1. The minimum Gasteiger partial charge on any atom is -0.496 e. The number of hydrogen-bond acceptors (Lipinski definition) is 5. The van der Waals surface area contributed by atoms with Crippen LogP contribution in [0.15, 0.2) is 18.2 Å². The van der Waals surface area contributed by atoms with Crippen LogP contribution in [0.5, 0.6) is 5.75 Å². The molecule has 2 aromatic rings. The van der Waals surface area contributed by atoms with Gasteiger partial charge in [-0.15, -0.1) is 10.2 Å². The van der Waals surface area contributed by atoms with Crippen LogP contribution in [-0.2, 0) is 0 Å². The summed E-state index contributed by atoms with van der Waals surface area (Å²) in [5.41, 5.74) is 1.61. The molecule has 18 heavy (non-hydrogen) atoms. The van der Waals surface area contributed by atoms with E-state index < -0.39 is 0 Å². The summed E-state index contributed by atoms with van der Waals surface area (Å²) in [5.74, 6) is 0.441. The fourth-order valence-corrected chi connectivity index (χ4v) is 2.16. The molecule has 0 radical (unpaired) electrons. The lowest BCUT2D eigenvalue weighted by Gasteiger charge is -2.07. The number of nitrogens with one attached hydrogen (secondary N) is 1. The van der Waals surface area contributed by atoms with Crippen molar-refractivity contribution in [3.8, 4) is 5.75 Å². The SMILES string of the molecule is COc1ccc(NC(=O)c2nnc(Cl)s2)cc1C. The van der Waals surface area contributed by atoms with Gasteiger partial charge in [-0.05, 0) is 42.3 Å². The Kier molecular flexibility index (Phi) is 3.78. The third-order valence-corrected chi connectivity index (χ3v) is 3.26. The van der Waals surface area contributed by atoms with E-state index in [2.05, 4.69) is 15.5 Å². The van der Waals surface area contributed by atoms with Crippen LogP contribution in [0.4, 0.5) is 5.69 Å². The molecular weight excluding hydrogens is 274 g/mol. The number of halogens is 1. The minimum atomic E-state index is -0.330. The second kappa shape index (κ2) is 5.32. The first-order valence-electron chi connectivity index (χ1n) is 5.05. The molecule has 2 rings (SSSR count). The second-order valence-electron chi connectivity index (χ2n) is 3.50. The van der Waals surface area contributed by atoms with Crippen molar-refractivity contribution in [3.63, 3.8) is 0 Å². The highest BCUT2D eigenvalue weighted by Crippen LogP contribution is 2.22. The van der Waals surface area contributed by atoms with Crippen LogP contribution in [0, 0.1) is 6.92 Å². The molecule has 0 spiro atoms. The number of aromatic nitrogens is 2. The van der Waals surface area contributed by atoms with Crippen molar-refractivity contribution < 1.29 is 9.53 Å². The maximum Gasteiger partial charge on any atom is 0.286 e. The smallest absolute Gasteiger partial charge is 0.286 e. The van der Waals surface area contributed by atoms with E-state index in [1.807, 2.05) is 13.0 Å². The highest BCUT2D eigenvalue weighted by atomic mass is 35.5. The summed E-state index contributed by atoms with van der Waals surface area (Å²) >= 11 is 6.65. The number of carbonyl (C=O) groups excluding carboxylic acids is 1. The molecule has 7 heteroatoms. The number of carbonyl (C=O) groups is 1. The lowest BCUT2D eigenvalue weighted by molar-refractivity contribution is 0.102. The molecule has 0 atom stereocenters. The lowest BCUT2D eigenvalue weighted by Crippen LogP contribution is -2.11. The van der Waals surface area contributed by atoms with E-state index in [9.17, 15) is 4.79 Å². The van der Waals surface area contributed by atoms with E-state index in [0.717, 1.165) is 22.6 Å². The van der Waals surface area contributed by atoms with Crippen LogP contribution in [-0.4, -0.2) is 23.2 Å². The highest BCUT2D eigenvalue weighted by Gasteiger charge is 2.12. The third kappa shape index (κ3) is 2.77. The molecule has 0 aliphatic heterocycles. The number of anilines is 1. The quantitative estimate of drug-likeness (QED) is 0.941. The molecular formula is C11H10ClN3O2S. The number of benzene rings is 1. The van der Waals surface area contributed by atoms with Gasteiger partial charge in [0.2, 0.25) is 9.47 Å². The average molecular weight is 284 g/mol. The second-order valence-corrected chi connectivity index (χ2v) is 5.06. The maximum atomic E-state index is 11.8. The van der Waals surface area contributed by atoms with Crippen molar-refractivity contribution in [2.75, 3.05) is 12.4 Å². The number of hydrogen-bond donors (Lipinski definition) is 1. The van der Waals surface area contributed by atoms with E-state index in [1.54, 1.807) is 19.2 Å². The van der Waals surface area contributed by atoms with Crippen molar-refractivity contribution in [3.05, 3.63) is 33.2 Å². The molecule has 1 amide bonds. The predicted octanol–water partition coefficient (Wildman–Crippen LogP) is 2.76. The first-order valence-corrected chi connectivity index (χ1v) is 6.24. The number of rotatable bonds is 3. The predicted molar refractivity (Wildman–Crippen MR) is 70.6 cm³/mol. The van der Waals surface area contributed by atoms with Crippen LogP contribution < -0.4 is 10.1 Å². The molecule has 0 fully saturated rings. The first-order chi connectivity index (χ1) is 8.60. The van der Waals surface area contributed by atoms with Gasteiger partial charge in [-0.25, -0.2) is 0 Å². The van der Waals surface area contributed by atoms with E-state index in [0.29, 0.717) is 5.69 Å². The van der Waals surface area contributed by atoms with Crippen molar-refractivity contribution in [1.82, 2.24) is 10.2 Å². The topological polar surface area (TPSA) is 64.1 Å². The monoisotopic (exact) mass is 283 g/mol. The highest BCUT2D eigenvalue weighted by molar-refractivity contribution is 7.17. The number of nitrogens with zero attached hydrogens (tertiary/aromatic N) is 2.